The Kier molecular flexibility index (Phi) is 5.67. The van der Waals surface area contributed by atoms with Crippen molar-refractivity contribution in [3.8, 4) is 5.75 Å². The molecule has 0 aromatic heterocycles. The van der Waals surface area contributed by atoms with Crippen LogP contribution in [0.1, 0.15) is 31.4 Å². The maximum Gasteiger partial charge on any atom is 0.257 e. The summed E-state index contributed by atoms with van der Waals surface area (Å²) in [6.45, 7) is 8.83. The standard InChI is InChI=1S/C15H24N2O2/c1-10(2)5-6-17-15(18)9-19-14-8-11(3)13(16)7-12(14)4/h7-8,10H,5-6,9,16H2,1-4H3,(H,17,18). The van der Waals surface area contributed by atoms with Crippen molar-refractivity contribution in [1.82, 2.24) is 5.32 Å². The molecule has 0 unspecified atom stereocenters. The van der Waals surface area contributed by atoms with E-state index in [2.05, 4.69) is 19.2 Å². The number of ether oxygens (including phenoxy) is 1. The molecule has 0 bridgehead atoms. The third-order valence-electron chi connectivity index (χ3n) is 2.97. The molecule has 1 amide bonds. The van der Waals surface area contributed by atoms with Crippen molar-refractivity contribution < 1.29 is 9.53 Å². The van der Waals surface area contributed by atoms with Gasteiger partial charge in [0.2, 0.25) is 0 Å². The molecule has 0 atom stereocenters. The van der Waals surface area contributed by atoms with Gasteiger partial charge in [-0.2, -0.15) is 0 Å². The highest BCUT2D eigenvalue weighted by atomic mass is 16.5. The predicted molar refractivity (Wildman–Crippen MR) is 78.3 cm³/mol. The molecule has 1 aromatic rings. The summed E-state index contributed by atoms with van der Waals surface area (Å²) in [4.78, 5) is 11.6. The SMILES string of the molecule is Cc1cc(OCC(=O)NCCC(C)C)c(C)cc1N. The molecule has 3 N–H and O–H groups in total. The van der Waals surface area contributed by atoms with Crippen LogP contribution in [0.3, 0.4) is 0 Å². The third-order valence-corrected chi connectivity index (χ3v) is 2.97. The van der Waals surface area contributed by atoms with Gasteiger partial charge < -0.3 is 15.8 Å². The molecule has 0 radical (unpaired) electrons. The van der Waals surface area contributed by atoms with E-state index in [1.807, 2.05) is 26.0 Å². The monoisotopic (exact) mass is 264 g/mol. The summed E-state index contributed by atoms with van der Waals surface area (Å²) >= 11 is 0. The summed E-state index contributed by atoms with van der Waals surface area (Å²) < 4.78 is 5.52. The molecule has 0 fully saturated rings. The van der Waals surface area contributed by atoms with Gasteiger partial charge in [0.1, 0.15) is 5.75 Å². The van der Waals surface area contributed by atoms with Crippen molar-refractivity contribution in [2.45, 2.75) is 34.1 Å². The number of anilines is 1. The lowest BCUT2D eigenvalue weighted by atomic mass is 10.1. The van der Waals surface area contributed by atoms with Gasteiger partial charge in [-0.3, -0.25) is 4.79 Å². The van der Waals surface area contributed by atoms with Crippen LogP contribution in [0.5, 0.6) is 5.75 Å². The van der Waals surface area contributed by atoms with Gasteiger partial charge in [-0.1, -0.05) is 13.8 Å². The van der Waals surface area contributed by atoms with Gasteiger partial charge in [0.25, 0.3) is 5.91 Å². The van der Waals surface area contributed by atoms with Crippen LogP contribution >= 0.6 is 0 Å². The van der Waals surface area contributed by atoms with Crippen LogP contribution in [0.2, 0.25) is 0 Å². The summed E-state index contributed by atoms with van der Waals surface area (Å²) in [6.07, 6.45) is 0.978. The largest absolute Gasteiger partial charge is 0.483 e. The van der Waals surface area contributed by atoms with Crippen LogP contribution in [0.25, 0.3) is 0 Å². The minimum absolute atomic E-state index is 0.0439. The normalized spacial score (nSPS) is 10.6. The fourth-order valence-corrected chi connectivity index (χ4v) is 1.66. The van der Waals surface area contributed by atoms with Gasteiger partial charge in [-0.05, 0) is 49.4 Å². The number of rotatable bonds is 6. The van der Waals surface area contributed by atoms with Crippen molar-refractivity contribution in [1.29, 1.82) is 0 Å². The number of amides is 1. The minimum Gasteiger partial charge on any atom is -0.483 e. The average molecular weight is 264 g/mol. The number of nitrogen functional groups attached to an aromatic ring is 1. The van der Waals surface area contributed by atoms with Crippen LogP contribution in [-0.4, -0.2) is 19.1 Å². The summed E-state index contributed by atoms with van der Waals surface area (Å²) in [5, 5.41) is 2.84. The van der Waals surface area contributed by atoms with E-state index in [9.17, 15) is 4.79 Å². The minimum atomic E-state index is -0.0884. The summed E-state index contributed by atoms with van der Waals surface area (Å²) in [5.74, 6) is 1.21. The molecule has 0 heterocycles. The molecule has 0 aliphatic rings. The van der Waals surface area contributed by atoms with Gasteiger partial charge in [-0.25, -0.2) is 0 Å². The molecule has 0 aliphatic carbocycles. The molecule has 1 rings (SSSR count). The topological polar surface area (TPSA) is 64.3 Å². The molecule has 0 spiro atoms. The Morgan fingerprint density at radius 1 is 1.32 bits per heavy atom. The van der Waals surface area contributed by atoms with Gasteiger partial charge in [0, 0.05) is 12.2 Å². The van der Waals surface area contributed by atoms with Gasteiger partial charge in [-0.15, -0.1) is 0 Å². The number of carbonyl (C=O) groups excluding carboxylic acids is 1. The lowest BCUT2D eigenvalue weighted by Gasteiger charge is -2.12. The zero-order valence-electron chi connectivity index (χ0n) is 12.2. The first kappa shape index (κ1) is 15.3. The number of benzene rings is 1. The molecule has 0 aliphatic heterocycles. The first-order valence-corrected chi connectivity index (χ1v) is 6.66. The van der Waals surface area contributed by atoms with E-state index in [1.165, 1.54) is 0 Å². The smallest absolute Gasteiger partial charge is 0.257 e. The predicted octanol–water partition coefficient (Wildman–Crippen LogP) is 2.43. The van der Waals surface area contributed by atoms with Crippen molar-refractivity contribution in [2.24, 2.45) is 5.92 Å². The molecule has 0 saturated carbocycles. The quantitative estimate of drug-likeness (QED) is 0.776. The molecule has 1 aromatic carbocycles. The van der Waals surface area contributed by atoms with E-state index in [-0.39, 0.29) is 12.5 Å². The summed E-state index contributed by atoms with van der Waals surface area (Å²) in [6, 6.07) is 3.73. The van der Waals surface area contributed by atoms with Crippen LogP contribution in [0.15, 0.2) is 12.1 Å². The third kappa shape index (κ3) is 5.20. The number of hydrogen-bond acceptors (Lipinski definition) is 3. The van der Waals surface area contributed by atoms with Gasteiger partial charge >= 0.3 is 0 Å². The second-order valence-electron chi connectivity index (χ2n) is 5.30. The number of nitrogens with one attached hydrogen (secondary N) is 1. The molecule has 106 valence electrons. The van der Waals surface area contributed by atoms with Crippen molar-refractivity contribution >= 4 is 11.6 Å². The number of nitrogens with two attached hydrogens (primary N) is 1. The van der Waals surface area contributed by atoms with Crippen LogP contribution < -0.4 is 15.8 Å². The van der Waals surface area contributed by atoms with Crippen molar-refractivity contribution in [3.05, 3.63) is 23.3 Å². The Morgan fingerprint density at radius 2 is 2.00 bits per heavy atom. The van der Waals surface area contributed by atoms with E-state index in [4.69, 9.17) is 10.5 Å². The maximum atomic E-state index is 11.6. The lowest BCUT2D eigenvalue weighted by molar-refractivity contribution is -0.123. The summed E-state index contributed by atoms with van der Waals surface area (Å²) in [5.41, 5.74) is 8.45. The second-order valence-corrected chi connectivity index (χ2v) is 5.30. The highest BCUT2D eigenvalue weighted by Gasteiger charge is 2.07. The van der Waals surface area contributed by atoms with E-state index in [1.54, 1.807) is 0 Å². The molecule has 4 nitrogen and oxygen atoms in total. The lowest BCUT2D eigenvalue weighted by Crippen LogP contribution is -2.30. The highest BCUT2D eigenvalue weighted by molar-refractivity contribution is 5.77. The Labute approximate surface area is 115 Å². The highest BCUT2D eigenvalue weighted by Crippen LogP contribution is 2.23. The fourth-order valence-electron chi connectivity index (χ4n) is 1.66. The van der Waals surface area contributed by atoms with Crippen LogP contribution in [-0.2, 0) is 4.79 Å². The Bertz CT molecular complexity index is 442. The second kappa shape index (κ2) is 7.02. The Morgan fingerprint density at radius 3 is 2.63 bits per heavy atom. The molecule has 0 saturated heterocycles. The van der Waals surface area contributed by atoms with E-state index in [0.29, 0.717) is 18.2 Å². The molecule has 4 heteroatoms. The zero-order valence-corrected chi connectivity index (χ0v) is 12.2. The van der Waals surface area contributed by atoms with Crippen molar-refractivity contribution in [2.75, 3.05) is 18.9 Å². The fraction of sp³-hybridized carbons (Fsp3) is 0.533. The molecular formula is C15H24N2O2. The first-order valence-electron chi connectivity index (χ1n) is 6.66. The van der Waals surface area contributed by atoms with E-state index < -0.39 is 0 Å². The number of aryl methyl sites for hydroxylation is 2. The van der Waals surface area contributed by atoms with Crippen LogP contribution in [0.4, 0.5) is 5.69 Å². The Balaban J connectivity index is 2.44. The maximum absolute atomic E-state index is 11.6. The van der Waals surface area contributed by atoms with Gasteiger partial charge in [0.05, 0.1) is 0 Å². The first-order chi connectivity index (χ1) is 8.90. The van der Waals surface area contributed by atoms with Gasteiger partial charge in [0.15, 0.2) is 6.61 Å². The summed E-state index contributed by atoms with van der Waals surface area (Å²) in [7, 11) is 0. The Hall–Kier alpha value is -1.71. The van der Waals surface area contributed by atoms with E-state index >= 15 is 0 Å². The zero-order chi connectivity index (χ0) is 14.4. The van der Waals surface area contributed by atoms with Crippen molar-refractivity contribution in [3.63, 3.8) is 0 Å². The number of carbonyl (C=O) groups is 1. The average Bonchev–Trinajstić information content (AvgIpc) is 2.31. The van der Waals surface area contributed by atoms with E-state index in [0.717, 1.165) is 23.2 Å². The molecule has 19 heavy (non-hydrogen) atoms. The van der Waals surface area contributed by atoms with Crippen LogP contribution in [0, 0.1) is 19.8 Å². The molecular weight excluding hydrogens is 240 g/mol. The number of hydrogen-bond donors (Lipinski definition) is 2.